The van der Waals surface area contributed by atoms with Gasteiger partial charge in [-0.3, -0.25) is 4.98 Å². The lowest BCUT2D eigenvalue weighted by molar-refractivity contribution is 0.634. The molecular weight excluding hydrogens is 286 g/mol. The van der Waals surface area contributed by atoms with E-state index in [-0.39, 0.29) is 0 Å². The van der Waals surface area contributed by atoms with Crippen molar-refractivity contribution in [2.45, 2.75) is 26.8 Å². The van der Waals surface area contributed by atoms with Crippen molar-refractivity contribution >= 4 is 32.9 Å². The van der Waals surface area contributed by atoms with Crippen LogP contribution in [0.25, 0.3) is 20.8 Å². The smallest absolute Gasteiger partial charge is 0.125 e. The second-order valence-electron chi connectivity index (χ2n) is 5.22. The third-order valence-electron chi connectivity index (χ3n) is 3.11. The molecule has 104 valence electrons. The fraction of sp³-hybridized carbons (Fsp3) is 0.333. The Morgan fingerprint density at radius 3 is 2.95 bits per heavy atom. The number of nitrogens with two attached hydrogens (primary N) is 1. The van der Waals surface area contributed by atoms with Crippen LogP contribution in [0.4, 0.5) is 0 Å². The fourth-order valence-corrected chi connectivity index (χ4v) is 3.90. The monoisotopic (exact) mass is 303 g/mol. The maximum Gasteiger partial charge on any atom is 0.125 e. The van der Waals surface area contributed by atoms with Gasteiger partial charge in [0, 0.05) is 23.2 Å². The molecule has 0 aromatic carbocycles. The van der Waals surface area contributed by atoms with E-state index < -0.39 is 0 Å². The minimum absolute atomic E-state index is 0.564. The van der Waals surface area contributed by atoms with Crippen LogP contribution in [-0.2, 0) is 13.0 Å². The van der Waals surface area contributed by atoms with Crippen LogP contribution in [0.15, 0.2) is 23.7 Å². The fourth-order valence-electron chi connectivity index (χ4n) is 2.18. The number of thiophene rings is 1. The minimum Gasteiger partial charge on any atom is -0.326 e. The van der Waals surface area contributed by atoms with Crippen molar-refractivity contribution in [3.05, 3.63) is 34.3 Å². The maximum absolute atomic E-state index is 5.85. The number of thiazole rings is 1. The SMILES string of the molecule is CC(C)Cc1nc(-c2cnc3ccsc3c2)sc1CN. The molecule has 0 bridgehead atoms. The summed E-state index contributed by atoms with van der Waals surface area (Å²) in [5, 5.41) is 3.10. The molecule has 0 aliphatic heterocycles. The van der Waals surface area contributed by atoms with Gasteiger partial charge >= 0.3 is 0 Å². The van der Waals surface area contributed by atoms with Gasteiger partial charge in [-0.25, -0.2) is 4.98 Å². The standard InChI is InChI=1S/C15H17N3S2/c1-9(2)5-12-14(7-16)20-15(18-12)10-6-13-11(17-8-10)3-4-19-13/h3-4,6,8-9H,5,7,16H2,1-2H3. The number of pyridine rings is 1. The molecule has 0 atom stereocenters. The zero-order valence-corrected chi connectivity index (χ0v) is 13.2. The highest BCUT2D eigenvalue weighted by atomic mass is 32.1. The van der Waals surface area contributed by atoms with Crippen molar-refractivity contribution in [3.8, 4) is 10.6 Å². The zero-order valence-electron chi connectivity index (χ0n) is 11.6. The molecule has 0 radical (unpaired) electrons. The summed E-state index contributed by atoms with van der Waals surface area (Å²) in [5.41, 5.74) is 9.14. The largest absolute Gasteiger partial charge is 0.326 e. The van der Waals surface area contributed by atoms with E-state index in [1.807, 2.05) is 12.3 Å². The molecule has 0 amide bonds. The first-order valence-electron chi connectivity index (χ1n) is 6.69. The number of aromatic nitrogens is 2. The van der Waals surface area contributed by atoms with Crippen LogP contribution in [0.2, 0.25) is 0 Å². The highest BCUT2D eigenvalue weighted by Crippen LogP contribution is 2.31. The number of hydrogen-bond acceptors (Lipinski definition) is 5. The van der Waals surface area contributed by atoms with Gasteiger partial charge in [0.05, 0.1) is 15.9 Å². The Morgan fingerprint density at radius 1 is 1.35 bits per heavy atom. The Labute approximate surface area is 126 Å². The summed E-state index contributed by atoms with van der Waals surface area (Å²) in [6.07, 6.45) is 2.89. The topological polar surface area (TPSA) is 51.8 Å². The first-order valence-corrected chi connectivity index (χ1v) is 8.39. The molecule has 5 heteroatoms. The number of fused-ring (bicyclic) bond motifs is 1. The van der Waals surface area contributed by atoms with Gasteiger partial charge in [0.2, 0.25) is 0 Å². The molecule has 3 heterocycles. The van der Waals surface area contributed by atoms with E-state index in [1.165, 1.54) is 9.58 Å². The number of hydrogen-bond donors (Lipinski definition) is 1. The molecule has 0 fully saturated rings. The van der Waals surface area contributed by atoms with Gasteiger partial charge in [0.1, 0.15) is 5.01 Å². The second kappa shape index (κ2) is 5.60. The lowest BCUT2D eigenvalue weighted by atomic mass is 10.1. The van der Waals surface area contributed by atoms with Gasteiger partial charge < -0.3 is 5.73 Å². The van der Waals surface area contributed by atoms with Crippen LogP contribution in [0.3, 0.4) is 0 Å². The first-order chi connectivity index (χ1) is 9.67. The lowest BCUT2D eigenvalue weighted by Gasteiger charge is -2.02. The number of rotatable bonds is 4. The molecule has 0 saturated carbocycles. The summed E-state index contributed by atoms with van der Waals surface area (Å²) in [5.74, 6) is 0.591. The Balaban J connectivity index is 2.02. The molecule has 0 aliphatic rings. The van der Waals surface area contributed by atoms with E-state index in [9.17, 15) is 0 Å². The Hall–Kier alpha value is -1.30. The van der Waals surface area contributed by atoms with Crippen molar-refractivity contribution in [1.82, 2.24) is 9.97 Å². The van der Waals surface area contributed by atoms with Crippen molar-refractivity contribution in [3.63, 3.8) is 0 Å². The summed E-state index contributed by atoms with van der Waals surface area (Å²) in [4.78, 5) is 10.5. The third kappa shape index (κ3) is 2.61. The van der Waals surface area contributed by atoms with Gasteiger partial charge in [0.25, 0.3) is 0 Å². The zero-order chi connectivity index (χ0) is 14.1. The van der Waals surface area contributed by atoms with E-state index in [0.29, 0.717) is 12.5 Å². The van der Waals surface area contributed by atoms with Crippen molar-refractivity contribution in [1.29, 1.82) is 0 Å². The molecule has 20 heavy (non-hydrogen) atoms. The van der Waals surface area contributed by atoms with Gasteiger partial charge in [-0.1, -0.05) is 13.8 Å². The van der Waals surface area contributed by atoms with Crippen molar-refractivity contribution in [2.75, 3.05) is 0 Å². The third-order valence-corrected chi connectivity index (χ3v) is 5.14. The van der Waals surface area contributed by atoms with E-state index in [1.54, 1.807) is 22.7 Å². The van der Waals surface area contributed by atoms with Crippen LogP contribution >= 0.6 is 22.7 Å². The van der Waals surface area contributed by atoms with E-state index >= 15 is 0 Å². The van der Waals surface area contributed by atoms with E-state index in [0.717, 1.165) is 28.2 Å². The Morgan fingerprint density at radius 2 is 2.20 bits per heavy atom. The van der Waals surface area contributed by atoms with Crippen molar-refractivity contribution < 1.29 is 0 Å². The van der Waals surface area contributed by atoms with Gasteiger partial charge in [-0.05, 0) is 29.9 Å². The lowest BCUT2D eigenvalue weighted by Crippen LogP contribution is -2.01. The predicted molar refractivity (Wildman–Crippen MR) is 87.2 cm³/mol. The normalized spacial score (nSPS) is 11.6. The van der Waals surface area contributed by atoms with E-state index in [2.05, 4.69) is 30.3 Å². The minimum atomic E-state index is 0.564. The van der Waals surface area contributed by atoms with Crippen LogP contribution in [0.1, 0.15) is 24.4 Å². The molecule has 0 unspecified atom stereocenters. The predicted octanol–water partition coefficient (Wildman–Crippen LogP) is 4.08. The first kappa shape index (κ1) is 13.7. The summed E-state index contributed by atoms with van der Waals surface area (Å²) >= 11 is 3.41. The summed E-state index contributed by atoms with van der Waals surface area (Å²) < 4.78 is 1.21. The summed E-state index contributed by atoms with van der Waals surface area (Å²) in [6, 6.07) is 4.21. The van der Waals surface area contributed by atoms with Gasteiger partial charge in [-0.2, -0.15) is 0 Å². The second-order valence-corrected chi connectivity index (χ2v) is 7.25. The molecule has 0 saturated heterocycles. The molecule has 3 aromatic rings. The van der Waals surface area contributed by atoms with Crippen LogP contribution in [0, 0.1) is 5.92 Å². The average molecular weight is 303 g/mol. The number of nitrogens with zero attached hydrogens (tertiary/aromatic N) is 2. The van der Waals surface area contributed by atoms with Gasteiger partial charge in [0.15, 0.2) is 0 Å². The highest BCUT2D eigenvalue weighted by molar-refractivity contribution is 7.17. The molecule has 3 aromatic heterocycles. The van der Waals surface area contributed by atoms with Crippen LogP contribution in [0.5, 0.6) is 0 Å². The molecule has 3 rings (SSSR count). The molecular formula is C15H17N3S2. The van der Waals surface area contributed by atoms with Crippen LogP contribution in [-0.4, -0.2) is 9.97 Å². The quantitative estimate of drug-likeness (QED) is 0.790. The summed E-state index contributed by atoms with van der Waals surface area (Å²) in [7, 11) is 0. The Bertz CT molecular complexity index is 728. The average Bonchev–Trinajstić information content (AvgIpc) is 3.03. The summed E-state index contributed by atoms with van der Waals surface area (Å²) in [6.45, 7) is 4.98. The van der Waals surface area contributed by atoms with E-state index in [4.69, 9.17) is 10.7 Å². The highest BCUT2D eigenvalue weighted by Gasteiger charge is 2.13. The van der Waals surface area contributed by atoms with Gasteiger partial charge in [-0.15, -0.1) is 22.7 Å². The molecule has 3 nitrogen and oxygen atoms in total. The van der Waals surface area contributed by atoms with Crippen LogP contribution < -0.4 is 5.73 Å². The Kier molecular flexibility index (Phi) is 3.83. The van der Waals surface area contributed by atoms with Crippen molar-refractivity contribution in [2.24, 2.45) is 11.7 Å². The molecule has 0 aliphatic carbocycles. The maximum atomic E-state index is 5.85. The molecule has 0 spiro atoms. The molecule has 2 N–H and O–H groups in total.